The van der Waals surface area contributed by atoms with Crippen molar-refractivity contribution in [1.29, 1.82) is 0 Å². The van der Waals surface area contributed by atoms with Gasteiger partial charge in [-0.15, -0.1) is 0 Å². The van der Waals surface area contributed by atoms with Gasteiger partial charge >= 0.3 is 0 Å². The van der Waals surface area contributed by atoms with Gasteiger partial charge in [-0.25, -0.2) is 4.98 Å². The number of carbonyl (C=O) groups excluding carboxylic acids is 1. The van der Waals surface area contributed by atoms with E-state index in [0.29, 0.717) is 11.4 Å². The fourth-order valence-corrected chi connectivity index (χ4v) is 1.97. The molecule has 0 bridgehead atoms. The van der Waals surface area contributed by atoms with E-state index in [1.54, 1.807) is 6.07 Å². The molecule has 2 aromatic rings. The Morgan fingerprint density at radius 1 is 1.39 bits per heavy atom. The summed E-state index contributed by atoms with van der Waals surface area (Å²) < 4.78 is 0. The molecule has 3 rings (SSSR count). The number of anilines is 1. The quantitative estimate of drug-likeness (QED) is 0.743. The Labute approximate surface area is 104 Å². The predicted octanol–water partition coefficient (Wildman–Crippen LogP) is 0.845. The number of aromatic nitrogens is 1. The first-order valence-corrected chi connectivity index (χ1v) is 5.87. The molecule has 1 aliphatic carbocycles. The van der Waals surface area contributed by atoms with Crippen LogP contribution in [-0.2, 0) is 0 Å². The Kier molecular flexibility index (Phi) is 2.41. The van der Waals surface area contributed by atoms with Gasteiger partial charge in [0.2, 0.25) is 0 Å². The molecule has 18 heavy (non-hydrogen) atoms. The zero-order valence-electron chi connectivity index (χ0n) is 9.76. The van der Waals surface area contributed by atoms with Gasteiger partial charge in [0, 0.05) is 17.5 Å². The average Bonchev–Trinajstić information content (AvgIpc) is 3.04. The van der Waals surface area contributed by atoms with Crippen LogP contribution in [0.4, 0.5) is 5.82 Å². The number of nitrogens with two attached hydrogens (primary N) is 2. The summed E-state index contributed by atoms with van der Waals surface area (Å²) >= 11 is 0. The van der Waals surface area contributed by atoms with Crippen molar-refractivity contribution in [2.45, 2.75) is 18.5 Å². The Hall–Kier alpha value is -2.14. The van der Waals surface area contributed by atoms with E-state index < -0.39 is 5.91 Å². The first-order valence-electron chi connectivity index (χ1n) is 5.87. The molecule has 92 valence electrons. The summed E-state index contributed by atoms with van der Waals surface area (Å²) in [6.07, 6.45) is 0.896. The molecule has 1 amide bonds. The second kappa shape index (κ2) is 3.96. The molecule has 5 N–H and O–H groups in total. The number of nitrogens with one attached hydrogen (secondary N) is 1. The minimum Gasteiger partial charge on any atom is -0.365 e. The standard InChI is InChI=1S/C13H14N4O/c14-9-6-11(9)17-13-8(12(15)18)5-7-3-1-2-4-10(7)16-13/h1-5,9,11H,6,14H2,(H2,15,18)(H,16,17). The highest BCUT2D eigenvalue weighted by Crippen LogP contribution is 2.26. The molecule has 2 atom stereocenters. The number of pyridine rings is 1. The van der Waals surface area contributed by atoms with E-state index in [4.69, 9.17) is 11.5 Å². The van der Waals surface area contributed by atoms with Crippen LogP contribution in [0.1, 0.15) is 16.8 Å². The number of rotatable bonds is 3. The van der Waals surface area contributed by atoms with Crippen LogP contribution in [0.15, 0.2) is 30.3 Å². The van der Waals surface area contributed by atoms with Gasteiger partial charge in [-0.3, -0.25) is 4.79 Å². The number of carbonyl (C=O) groups is 1. The van der Waals surface area contributed by atoms with E-state index in [1.165, 1.54) is 0 Å². The molecule has 1 aromatic carbocycles. The van der Waals surface area contributed by atoms with Crippen molar-refractivity contribution in [3.05, 3.63) is 35.9 Å². The Morgan fingerprint density at radius 2 is 2.11 bits per heavy atom. The van der Waals surface area contributed by atoms with Crippen LogP contribution >= 0.6 is 0 Å². The lowest BCUT2D eigenvalue weighted by Gasteiger charge is -2.10. The SMILES string of the molecule is NC(=O)c1cc2ccccc2nc1NC1CC1N. The molecule has 0 radical (unpaired) electrons. The number of hydrogen-bond acceptors (Lipinski definition) is 4. The van der Waals surface area contributed by atoms with E-state index in [-0.39, 0.29) is 12.1 Å². The van der Waals surface area contributed by atoms with Crippen molar-refractivity contribution in [2.24, 2.45) is 11.5 Å². The molecule has 0 aliphatic heterocycles. The number of amides is 1. The van der Waals surface area contributed by atoms with Crippen molar-refractivity contribution in [1.82, 2.24) is 4.98 Å². The molecule has 2 unspecified atom stereocenters. The smallest absolute Gasteiger partial charge is 0.252 e. The molecule has 0 saturated heterocycles. The van der Waals surface area contributed by atoms with Crippen LogP contribution in [0.2, 0.25) is 0 Å². The minimum absolute atomic E-state index is 0.138. The first-order chi connectivity index (χ1) is 8.65. The zero-order chi connectivity index (χ0) is 12.7. The van der Waals surface area contributed by atoms with E-state index in [1.807, 2.05) is 24.3 Å². The maximum atomic E-state index is 11.5. The van der Waals surface area contributed by atoms with Crippen LogP contribution in [-0.4, -0.2) is 23.0 Å². The fourth-order valence-electron chi connectivity index (χ4n) is 1.97. The van der Waals surface area contributed by atoms with Crippen LogP contribution in [0.25, 0.3) is 10.9 Å². The summed E-state index contributed by atoms with van der Waals surface area (Å²) in [6.45, 7) is 0. The van der Waals surface area contributed by atoms with Crippen LogP contribution in [0, 0.1) is 0 Å². The third-order valence-electron chi connectivity index (χ3n) is 3.15. The van der Waals surface area contributed by atoms with Gasteiger partial charge in [-0.2, -0.15) is 0 Å². The van der Waals surface area contributed by atoms with Gasteiger partial charge in [-0.05, 0) is 18.6 Å². The number of fused-ring (bicyclic) bond motifs is 1. The lowest BCUT2D eigenvalue weighted by atomic mass is 10.1. The van der Waals surface area contributed by atoms with Crippen LogP contribution < -0.4 is 16.8 Å². The Bertz CT molecular complexity index is 625. The fraction of sp³-hybridized carbons (Fsp3) is 0.231. The van der Waals surface area contributed by atoms with Crippen molar-refractivity contribution in [3.8, 4) is 0 Å². The topological polar surface area (TPSA) is 94.0 Å². The summed E-state index contributed by atoms with van der Waals surface area (Å²) in [4.78, 5) is 15.9. The summed E-state index contributed by atoms with van der Waals surface area (Å²) in [7, 11) is 0. The number of nitrogens with zero attached hydrogens (tertiary/aromatic N) is 1. The highest BCUT2D eigenvalue weighted by Gasteiger charge is 2.34. The van der Waals surface area contributed by atoms with Gasteiger partial charge in [-0.1, -0.05) is 18.2 Å². The number of primary amides is 1. The van der Waals surface area contributed by atoms with E-state index in [2.05, 4.69) is 10.3 Å². The lowest BCUT2D eigenvalue weighted by Crippen LogP contribution is -2.19. The van der Waals surface area contributed by atoms with Crippen LogP contribution in [0.5, 0.6) is 0 Å². The number of benzene rings is 1. The van der Waals surface area contributed by atoms with E-state index in [0.717, 1.165) is 17.3 Å². The van der Waals surface area contributed by atoms with Crippen molar-refractivity contribution >= 4 is 22.6 Å². The van der Waals surface area contributed by atoms with E-state index in [9.17, 15) is 4.79 Å². The van der Waals surface area contributed by atoms with Gasteiger partial charge in [0.1, 0.15) is 5.82 Å². The number of hydrogen-bond donors (Lipinski definition) is 3. The highest BCUT2D eigenvalue weighted by molar-refractivity contribution is 6.01. The van der Waals surface area contributed by atoms with Gasteiger partial charge in [0.05, 0.1) is 11.1 Å². The van der Waals surface area contributed by atoms with Gasteiger partial charge in [0.15, 0.2) is 0 Å². The molecule has 1 aliphatic rings. The van der Waals surface area contributed by atoms with Crippen LogP contribution in [0.3, 0.4) is 0 Å². The normalized spacial score (nSPS) is 21.8. The zero-order valence-corrected chi connectivity index (χ0v) is 9.76. The van der Waals surface area contributed by atoms with Crippen molar-refractivity contribution in [2.75, 3.05) is 5.32 Å². The Balaban J connectivity index is 2.08. The molecule has 1 heterocycles. The summed E-state index contributed by atoms with van der Waals surface area (Å²) in [5.74, 6) is 0.0455. The summed E-state index contributed by atoms with van der Waals surface area (Å²) in [5, 5.41) is 4.07. The molecular weight excluding hydrogens is 228 g/mol. The molecule has 5 heteroatoms. The predicted molar refractivity (Wildman–Crippen MR) is 70.3 cm³/mol. The molecule has 1 saturated carbocycles. The van der Waals surface area contributed by atoms with E-state index >= 15 is 0 Å². The maximum absolute atomic E-state index is 11.5. The number of para-hydroxylation sites is 1. The lowest BCUT2D eigenvalue weighted by molar-refractivity contribution is 0.100. The first kappa shape index (κ1) is 11.0. The summed E-state index contributed by atoms with van der Waals surface area (Å²) in [5.41, 5.74) is 12.4. The monoisotopic (exact) mass is 242 g/mol. The summed E-state index contributed by atoms with van der Waals surface area (Å²) in [6, 6.07) is 9.71. The Morgan fingerprint density at radius 3 is 2.78 bits per heavy atom. The molecule has 1 aromatic heterocycles. The van der Waals surface area contributed by atoms with Gasteiger partial charge < -0.3 is 16.8 Å². The highest BCUT2D eigenvalue weighted by atomic mass is 16.1. The third-order valence-corrected chi connectivity index (χ3v) is 3.15. The molecule has 1 fully saturated rings. The van der Waals surface area contributed by atoms with Crippen molar-refractivity contribution < 1.29 is 4.79 Å². The second-order valence-electron chi connectivity index (χ2n) is 4.59. The average molecular weight is 242 g/mol. The second-order valence-corrected chi connectivity index (χ2v) is 4.59. The largest absolute Gasteiger partial charge is 0.365 e. The molecule has 5 nitrogen and oxygen atoms in total. The van der Waals surface area contributed by atoms with Gasteiger partial charge in [0.25, 0.3) is 5.91 Å². The molecular formula is C13H14N4O. The van der Waals surface area contributed by atoms with Crippen molar-refractivity contribution in [3.63, 3.8) is 0 Å². The third kappa shape index (κ3) is 1.89. The minimum atomic E-state index is -0.482. The molecule has 0 spiro atoms. The maximum Gasteiger partial charge on any atom is 0.252 e.